The molecule has 5 rings (SSSR count). The number of nitrogens with zero attached hydrogens (tertiary/aromatic N) is 1. The summed E-state index contributed by atoms with van der Waals surface area (Å²) in [5.74, 6) is -0.343. The Morgan fingerprint density at radius 1 is 0.853 bits per heavy atom. The molecule has 2 N–H and O–H groups in total. The molecule has 176 valence electrons. The van der Waals surface area contributed by atoms with Crippen LogP contribution in [0.15, 0.2) is 54.6 Å². The Morgan fingerprint density at radius 3 is 2.21 bits per heavy atom. The number of carbonyl (C=O) groups is 2. The highest BCUT2D eigenvalue weighted by atomic mass is 16.3. The van der Waals surface area contributed by atoms with Gasteiger partial charge in [0, 0.05) is 19.5 Å². The fraction of sp³-hybridized carbons (Fsp3) is 0.379. The summed E-state index contributed by atoms with van der Waals surface area (Å²) in [4.78, 5) is 27.2. The third-order valence-electron chi connectivity index (χ3n) is 7.20. The number of nitrogens with one attached hydrogen (secondary N) is 1. The second-order valence-corrected chi connectivity index (χ2v) is 9.48. The molecule has 0 aliphatic carbocycles. The van der Waals surface area contributed by atoms with E-state index in [2.05, 4.69) is 59.9 Å². The van der Waals surface area contributed by atoms with E-state index >= 15 is 0 Å². The minimum Gasteiger partial charge on any atom is -0.394 e. The average molecular weight is 457 g/mol. The molecule has 0 spiro atoms. The van der Waals surface area contributed by atoms with Crippen LogP contribution in [0.1, 0.15) is 44.1 Å². The number of amides is 2. The van der Waals surface area contributed by atoms with Crippen LogP contribution in [0.25, 0.3) is 32.3 Å². The number of carbonyl (C=O) groups excluding carboxylic acids is 2. The highest BCUT2D eigenvalue weighted by Gasteiger charge is 2.25. The number of rotatable bonds is 7. The Morgan fingerprint density at radius 2 is 1.50 bits per heavy atom. The van der Waals surface area contributed by atoms with Gasteiger partial charge in [-0.1, -0.05) is 67.4 Å². The molecule has 0 radical (unpaired) electrons. The zero-order chi connectivity index (χ0) is 23.5. The Hall–Kier alpha value is -3.18. The van der Waals surface area contributed by atoms with Crippen molar-refractivity contribution in [3.8, 4) is 0 Å². The van der Waals surface area contributed by atoms with E-state index in [0.29, 0.717) is 25.9 Å². The second kappa shape index (κ2) is 9.98. The lowest BCUT2D eigenvalue weighted by Gasteiger charge is -2.25. The van der Waals surface area contributed by atoms with Crippen LogP contribution in [0.4, 0.5) is 0 Å². The first-order chi connectivity index (χ1) is 16.7. The standard InChI is InChI=1S/C29H32N2O3/c32-19-25(29(34)31-17-3-1-2-4-18-31)30-26(33)10-6-7-20-11-12-23-14-13-21-8-5-9-22-15-16-24(20)28(23)27(21)22/h5,8-9,11-16,25,32H,1-4,6-7,10,17-19H2,(H,30,33). The van der Waals surface area contributed by atoms with Crippen molar-refractivity contribution in [3.63, 3.8) is 0 Å². The highest BCUT2D eigenvalue weighted by molar-refractivity contribution is 6.23. The van der Waals surface area contributed by atoms with Gasteiger partial charge in [0.1, 0.15) is 6.04 Å². The van der Waals surface area contributed by atoms with Crippen LogP contribution in [0.3, 0.4) is 0 Å². The molecular weight excluding hydrogens is 424 g/mol. The summed E-state index contributed by atoms with van der Waals surface area (Å²) >= 11 is 0. The van der Waals surface area contributed by atoms with Gasteiger partial charge >= 0.3 is 0 Å². The predicted molar refractivity (Wildman–Crippen MR) is 137 cm³/mol. The monoisotopic (exact) mass is 456 g/mol. The molecule has 1 unspecified atom stereocenters. The zero-order valence-electron chi connectivity index (χ0n) is 19.6. The number of aryl methyl sites for hydroxylation is 1. The van der Waals surface area contributed by atoms with E-state index in [1.807, 2.05) is 0 Å². The lowest BCUT2D eigenvalue weighted by atomic mass is 9.90. The SMILES string of the molecule is O=C(CCCc1ccc2ccc3cccc4ccc1c2c34)NC(CO)C(=O)N1CCCCCC1. The normalized spacial score (nSPS) is 15.6. The van der Waals surface area contributed by atoms with Crippen molar-refractivity contribution >= 4 is 44.1 Å². The van der Waals surface area contributed by atoms with Crippen molar-refractivity contribution in [1.29, 1.82) is 0 Å². The van der Waals surface area contributed by atoms with E-state index in [1.165, 1.54) is 37.9 Å². The number of aliphatic hydroxyl groups excluding tert-OH is 1. The molecule has 0 saturated carbocycles. The van der Waals surface area contributed by atoms with Crippen molar-refractivity contribution in [2.24, 2.45) is 0 Å². The first-order valence-electron chi connectivity index (χ1n) is 12.5. The van der Waals surface area contributed by atoms with Gasteiger partial charge in [0.25, 0.3) is 0 Å². The Balaban J connectivity index is 1.25. The predicted octanol–water partition coefficient (Wildman–Crippen LogP) is 4.79. The largest absolute Gasteiger partial charge is 0.394 e. The summed E-state index contributed by atoms with van der Waals surface area (Å²) in [6.45, 7) is 1.05. The summed E-state index contributed by atoms with van der Waals surface area (Å²) in [7, 11) is 0. The molecule has 5 heteroatoms. The minimum absolute atomic E-state index is 0.162. The fourth-order valence-corrected chi connectivity index (χ4v) is 5.42. The van der Waals surface area contributed by atoms with Crippen molar-refractivity contribution in [3.05, 3.63) is 60.2 Å². The van der Waals surface area contributed by atoms with E-state index < -0.39 is 6.04 Å². The summed E-state index contributed by atoms with van der Waals surface area (Å²) < 4.78 is 0. The Bertz CT molecular complexity index is 1290. The van der Waals surface area contributed by atoms with Gasteiger partial charge in [0.2, 0.25) is 11.8 Å². The molecule has 5 nitrogen and oxygen atoms in total. The first kappa shape index (κ1) is 22.6. The summed E-state index contributed by atoms with van der Waals surface area (Å²) in [5.41, 5.74) is 1.23. The minimum atomic E-state index is -0.847. The van der Waals surface area contributed by atoms with Gasteiger partial charge in [0.15, 0.2) is 0 Å². The smallest absolute Gasteiger partial charge is 0.247 e. The zero-order valence-corrected chi connectivity index (χ0v) is 19.6. The lowest BCUT2D eigenvalue weighted by Crippen LogP contribution is -2.50. The van der Waals surface area contributed by atoms with E-state index in [9.17, 15) is 14.7 Å². The lowest BCUT2D eigenvalue weighted by molar-refractivity contribution is -0.137. The van der Waals surface area contributed by atoms with Crippen LogP contribution >= 0.6 is 0 Å². The van der Waals surface area contributed by atoms with E-state index in [-0.39, 0.29) is 18.4 Å². The summed E-state index contributed by atoms with van der Waals surface area (Å²) in [6, 6.07) is 18.6. The van der Waals surface area contributed by atoms with Crippen molar-refractivity contribution in [2.75, 3.05) is 19.7 Å². The van der Waals surface area contributed by atoms with Crippen molar-refractivity contribution in [1.82, 2.24) is 10.2 Å². The van der Waals surface area contributed by atoms with Crippen LogP contribution in [0, 0.1) is 0 Å². The average Bonchev–Trinajstić information content (AvgIpc) is 3.16. The number of benzene rings is 4. The third-order valence-corrected chi connectivity index (χ3v) is 7.20. The molecule has 2 amide bonds. The number of likely N-dealkylation sites (tertiary alicyclic amines) is 1. The molecule has 0 bridgehead atoms. The van der Waals surface area contributed by atoms with Gasteiger partial charge in [0.05, 0.1) is 6.61 Å². The Labute approximate surface area is 200 Å². The van der Waals surface area contributed by atoms with Gasteiger partial charge in [-0.25, -0.2) is 0 Å². The quantitative estimate of drug-likeness (QED) is 0.393. The maximum atomic E-state index is 12.8. The van der Waals surface area contributed by atoms with Gasteiger partial charge < -0.3 is 15.3 Å². The van der Waals surface area contributed by atoms with Gasteiger partial charge in [-0.2, -0.15) is 0 Å². The molecule has 34 heavy (non-hydrogen) atoms. The van der Waals surface area contributed by atoms with E-state index in [0.717, 1.165) is 32.1 Å². The molecule has 1 heterocycles. The van der Waals surface area contributed by atoms with Crippen LogP contribution < -0.4 is 5.32 Å². The molecular formula is C29H32N2O3. The van der Waals surface area contributed by atoms with Crippen molar-refractivity contribution in [2.45, 2.75) is 51.0 Å². The fourth-order valence-electron chi connectivity index (χ4n) is 5.42. The first-order valence-corrected chi connectivity index (χ1v) is 12.5. The molecule has 0 aromatic heterocycles. The molecule has 1 aliphatic rings. The number of hydrogen-bond acceptors (Lipinski definition) is 3. The van der Waals surface area contributed by atoms with Crippen LogP contribution in [0.5, 0.6) is 0 Å². The van der Waals surface area contributed by atoms with Gasteiger partial charge in [-0.3, -0.25) is 9.59 Å². The van der Waals surface area contributed by atoms with Crippen LogP contribution in [0.2, 0.25) is 0 Å². The van der Waals surface area contributed by atoms with Gasteiger partial charge in [-0.15, -0.1) is 0 Å². The second-order valence-electron chi connectivity index (χ2n) is 9.48. The number of hydrogen-bond donors (Lipinski definition) is 2. The number of aliphatic hydroxyl groups is 1. The molecule has 4 aromatic rings. The van der Waals surface area contributed by atoms with Crippen molar-refractivity contribution < 1.29 is 14.7 Å². The third kappa shape index (κ3) is 4.45. The van der Waals surface area contributed by atoms with E-state index in [1.54, 1.807) is 4.90 Å². The maximum absolute atomic E-state index is 12.8. The Kier molecular flexibility index (Phi) is 6.63. The molecule has 1 saturated heterocycles. The molecule has 1 aliphatic heterocycles. The summed E-state index contributed by atoms with van der Waals surface area (Å²) in [6.07, 6.45) is 6.02. The topological polar surface area (TPSA) is 69.6 Å². The molecule has 1 fully saturated rings. The highest BCUT2D eigenvalue weighted by Crippen LogP contribution is 2.36. The van der Waals surface area contributed by atoms with Crippen LogP contribution in [-0.2, 0) is 16.0 Å². The van der Waals surface area contributed by atoms with E-state index in [4.69, 9.17) is 0 Å². The molecule has 4 aromatic carbocycles. The van der Waals surface area contributed by atoms with Gasteiger partial charge in [-0.05, 0) is 63.6 Å². The summed E-state index contributed by atoms with van der Waals surface area (Å²) in [5, 5.41) is 20.1. The van der Waals surface area contributed by atoms with Crippen LogP contribution in [-0.4, -0.2) is 47.6 Å². The maximum Gasteiger partial charge on any atom is 0.247 e. The molecule has 1 atom stereocenters.